The molecule has 2 rings (SSSR count). The number of aromatic nitrogens is 2. The van der Waals surface area contributed by atoms with Crippen LogP contribution < -0.4 is 0 Å². The van der Waals surface area contributed by atoms with Crippen LogP contribution in [0.5, 0.6) is 0 Å². The van der Waals surface area contributed by atoms with E-state index in [2.05, 4.69) is 14.7 Å². The normalized spacial score (nSPS) is 13.4. The van der Waals surface area contributed by atoms with Crippen LogP contribution in [0.15, 0.2) is 39.8 Å². The van der Waals surface area contributed by atoms with Crippen molar-refractivity contribution >= 4 is 11.8 Å². The molecule has 0 saturated carbocycles. The number of hydrogen-bond donors (Lipinski definition) is 1. The molecule has 1 aromatic heterocycles. The third kappa shape index (κ3) is 4.24. The summed E-state index contributed by atoms with van der Waals surface area (Å²) < 4.78 is 41.2. The molecule has 8 heteroatoms. The van der Waals surface area contributed by atoms with Gasteiger partial charge in [-0.3, -0.25) is 0 Å². The van der Waals surface area contributed by atoms with Gasteiger partial charge in [-0.1, -0.05) is 23.4 Å². The highest BCUT2D eigenvalue weighted by molar-refractivity contribution is 7.98. The Kier molecular flexibility index (Phi) is 4.66. The van der Waals surface area contributed by atoms with E-state index >= 15 is 0 Å². The Morgan fingerprint density at radius 2 is 1.95 bits per heavy atom. The maximum atomic E-state index is 12.2. The number of halogens is 3. The summed E-state index contributed by atoms with van der Waals surface area (Å²) in [5.74, 6) is 0.456. The third-order valence-corrected chi connectivity index (χ3v) is 3.38. The fourth-order valence-electron chi connectivity index (χ4n) is 1.38. The Balaban J connectivity index is 1.89. The van der Waals surface area contributed by atoms with Crippen LogP contribution in [-0.4, -0.2) is 27.5 Å². The Bertz CT molecular complexity index is 545. The Hall–Kier alpha value is -1.54. The van der Waals surface area contributed by atoms with Crippen molar-refractivity contribution in [3.63, 3.8) is 0 Å². The summed E-state index contributed by atoms with van der Waals surface area (Å²) in [4.78, 5) is 4.81. The van der Waals surface area contributed by atoms with Crippen molar-refractivity contribution in [3.05, 3.63) is 42.0 Å². The van der Waals surface area contributed by atoms with Gasteiger partial charge in [0.1, 0.15) is 0 Å². The van der Waals surface area contributed by atoms with Gasteiger partial charge in [0, 0.05) is 4.90 Å². The SMILES string of the molecule is OC(Cc1nc(CSc2ccccc2)no1)C(F)(F)F. The van der Waals surface area contributed by atoms with E-state index in [9.17, 15) is 13.2 Å². The van der Waals surface area contributed by atoms with Gasteiger partial charge < -0.3 is 9.63 Å². The molecule has 1 N–H and O–H groups in total. The van der Waals surface area contributed by atoms with E-state index in [4.69, 9.17) is 5.11 Å². The van der Waals surface area contributed by atoms with Crippen LogP contribution in [0.4, 0.5) is 13.2 Å². The second-order valence-electron chi connectivity index (χ2n) is 3.97. The van der Waals surface area contributed by atoms with Gasteiger partial charge in [0.05, 0.1) is 12.2 Å². The van der Waals surface area contributed by atoms with E-state index in [1.807, 2.05) is 30.3 Å². The second kappa shape index (κ2) is 6.27. The molecule has 0 aliphatic carbocycles. The first kappa shape index (κ1) is 14.9. The number of benzene rings is 1. The molecule has 4 nitrogen and oxygen atoms in total. The van der Waals surface area contributed by atoms with Crippen molar-refractivity contribution in [2.75, 3.05) is 0 Å². The zero-order valence-electron chi connectivity index (χ0n) is 10.2. The summed E-state index contributed by atoms with van der Waals surface area (Å²) in [7, 11) is 0. The summed E-state index contributed by atoms with van der Waals surface area (Å²) in [5.41, 5.74) is 0. The molecule has 0 aliphatic rings. The third-order valence-electron chi connectivity index (χ3n) is 2.37. The van der Waals surface area contributed by atoms with Crippen molar-refractivity contribution < 1.29 is 22.8 Å². The lowest BCUT2D eigenvalue weighted by molar-refractivity contribution is -0.204. The quantitative estimate of drug-likeness (QED) is 0.861. The number of thioether (sulfide) groups is 1. The predicted molar refractivity (Wildman–Crippen MR) is 66.1 cm³/mol. The van der Waals surface area contributed by atoms with Crippen molar-refractivity contribution in [3.8, 4) is 0 Å². The molecule has 0 amide bonds. The van der Waals surface area contributed by atoms with Gasteiger partial charge in [0.25, 0.3) is 0 Å². The van der Waals surface area contributed by atoms with E-state index in [1.165, 1.54) is 11.8 Å². The van der Waals surface area contributed by atoms with Gasteiger partial charge in [0.2, 0.25) is 5.89 Å². The number of nitrogens with zero attached hydrogens (tertiary/aromatic N) is 2. The standard InChI is InChI=1S/C12H11F3N2O2S/c13-12(14,15)9(18)6-11-16-10(17-19-11)7-20-8-4-2-1-3-5-8/h1-5,9,18H,6-7H2. The molecule has 2 aromatic rings. The maximum absolute atomic E-state index is 12.2. The van der Waals surface area contributed by atoms with E-state index in [0.717, 1.165) is 4.90 Å². The number of aliphatic hydroxyl groups excluding tert-OH is 1. The van der Waals surface area contributed by atoms with Crippen LogP contribution in [0.25, 0.3) is 0 Å². The minimum atomic E-state index is -4.69. The lowest BCUT2D eigenvalue weighted by Gasteiger charge is -2.11. The molecule has 1 unspecified atom stereocenters. The Labute approximate surface area is 117 Å². The average Bonchev–Trinajstić information content (AvgIpc) is 2.84. The summed E-state index contributed by atoms with van der Waals surface area (Å²) in [5, 5.41) is 12.5. The molecule has 0 radical (unpaired) electrons. The van der Waals surface area contributed by atoms with Crippen molar-refractivity contribution in [2.45, 2.75) is 29.3 Å². The van der Waals surface area contributed by atoms with Crippen LogP contribution in [0, 0.1) is 0 Å². The molecule has 20 heavy (non-hydrogen) atoms. The number of aliphatic hydroxyl groups is 1. The van der Waals surface area contributed by atoms with Gasteiger partial charge >= 0.3 is 6.18 Å². The minimum Gasteiger partial charge on any atom is -0.383 e. The van der Waals surface area contributed by atoms with Crippen LogP contribution in [0.2, 0.25) is 0 Å². The molecule has 0 bridgehead atoms. The van der Waals surface area contributed by atoms with Gasteiger partial charge in [-0.25, -0.2) is 0 Å². The number of alkyl halides is 3. The molecule has 1 atom stereocenters. The van der Waals surface area contributed by atoms with Crippen molar-refractivity contribution in [1.82, 2.24) is 10.1 Å². The Morgan fingerprint density at radius 1 is 1.25 bits per heavy atom. The maximum Gasteiger partial charge on any atom is 0.414 e. The lowest BCUT2D eigenvalue weighted by atomic mass is 10.2. The average molecular weight is 304 g/mol. The summed E-state index contributed by atoms with van der Waals surface area (Å²) in [6.45, 7) is 0. The van der Waals surface area contributed by atoms with Crippen molar-refractivity contribution in [1.29, 1.82) is 0 Å². The molecule has 1 heterocycles. The zero-order valence-corrected chi connectivity index (χ0v) is 11.0. The molecule has 0 fully saturated rings. The monoisotopic (exact) mass is 304 g/mol. The highest BCUT2D eigenvalue weighted by Crippen LogP contribution is 2.24. The molecule has 1 aromatic carbocycles. The van der Waals surface area contributed by atoms with Crippen LogP contribution in [-0.2, 0) is 12.2 Å². The molecule has 108 valence electrons. The predicted octanol–water partition coefficient (Wildman–Crippen LogP) is 2.83. The van der Waals surface area contributed by atoms with Crippen LogP contribution >= 0.6 is 11.8 Å². The molecule has 0 aliphatic heterocycles. The van der Waals surface area contributed by atoms with Gasteiger partial charge in [0.15, 0.2) is 11.9 Å². The lowest BCUT2D eigenvalue weighted by Crippen LogP contribution is -2.30. The fourth-order valence-corrected chi connectivity index (χ4v) is 2.14. The summed E-state index contributed by atoms with van der Waals surface area (Å²) in [6.07, 6.45) is -7.91. The van der Waals surface area contributed by atoms with Gasteiger partial charge in [-0.15, -0.1) is 11.8 Å². The van der Waals surface area contributed by atoms with E-state index in [1.54, 1.807) is 0 Å². The Morgan fingerprint density at radius 3 is 2.60 bits per heavy atom. The first-order valence-corrected chi connectivity index (χ1v) is 6.68. The number of rotatable bonds is 5. The van der Waals surface area contributed by atoms with E-state index in [-0.39, 0.29) is 5.89 Å². The summed E-state index contributed by atoms with van der Waals surface area (Å²) in [6, 6.07) is 9.44. The topological polar surface area (TPSA) is 59.2 Å². The highest BCUT2D eigenvalue weighted by Gasteiger charge is 2.39. The molecular weight excluding hydrogens is 293 g/mol. The summed E-state index contributed by atoms with van der Waals surface area (Å²) >= 11 is 1.44. The first-order valence-electron chi connectivity index (χ1n) is 5.69. The fraction of sp³-hybridized carbons (Fsp3) is 0.333. The van der Waals surface area contributed by atoms with Crippen LogP contribution in [0.1, 0.15) is 11.7 Å². The minimum absolute atomic E-state index is 0.224. The van der Waals surface area contributed by atoms with Crippen molar-refractivity contribution in [2.24, 2.45) is 0 Å². The number of hydrogen-bond acceptors (Lipinski definition) is 5. The van der Waals surface area contributed by atoms with E-state index in [0.29, 0.717) is 11.6 Å². The first-order chi connectivity index (χ1) is 9.45. The second-order valence-corrected chi connectivity index (χ2v) is 5.02. The molecular formula is C12H11F3N2O2S. The molecule has 0 saturated heterocycles. The highest BCUT2D eigenvalue weighted by atomic mass is 32.2. The smallest absolute Gasteiger partial charge is 0.383 e. The van der Waals surface area contributed by atoms with Gasteiger partial charge in [-0.05, 0) is 12.1 Å². The zero-order chi connectivity index (χ0) is 14.6. The van der Waals surface area contributed by atoms with E-state index < -0.39 is 18.7 Å². The van der Waals surface area contributed by atoms with Gasteiger partial charge in [-0.2, -0.15) is 18.2 Å². The molecule has 0 spiro atoms. The largest absolute Gasteiger partial charge is 0.414 e. The van der Waals surface area contributed by atoms with Crippen LogP contribution in [0.3, 0.4) is 0 Å².